The molecule has 3 atom stereocenters. The predicted octanol–water partition coefficient (Wildman–Crippen LogP) is 5.26. The molecule has 4 heterocycles. The Kier molecular flexibility index (Phi) is 6.65. The van der Waals surface area contributed by atoms with Crippen LogP contribution in [-0.2, 0) is 27.1 Å². The minimum Gasteiger partial charge on any atom is -0.469 e. The molecule has 3 unspecified atom stereocenters. The first-order chi connectivity index (χ1) is 19.5. The van der Waals surface area contributed by atoms with Crippen molar-refractivity contribution in [1.82, 2.24) is 4.57 Å². The van der Waals surface area contributed by atoms with Crippen molar-refractivity contribution in [2.75, 3.05) is 10.2 Å². The Balaban J connectivity index is 1.37. The van der Waals surface area contributed by atoms with Crippen LogP contribution in [0.25, 0.3) is 0 Å². The van der Waals surface area contributed by atoms with Gasteiger partial charge >= 0.3 is 11.0 Å². The summed E-state index contributed by atoms with van der Waals surface area (Å²) in [5.41, 5.74) is -0.0827. The molecule has 210 valence electrons. The van der Waals surface area contributed by atoms with E-state index in [1.54, 1.807) is 36.4 Å². The van der Waals surface area contributed by atoms with Crippen molar-refractivity contribution in [3.8, 4) is 0 Å². The van der Waals surface area contributed by atoms with E-state index in [0.717, 1.165) is 50.3 Å². The van der Waals surface area contributed by atoms with Gasteiger partial charge in [-0.05, 0) is 43.3 Å². The quantitative estimate of drug-likeness (QED) is 0.314. The van der Waals surface area contributed by atoms with Crippen LogP contribution in [0.4, 0.5) is 24.5 Å². The number of aryl methyl sites for hydroxylation is 1. The van der Waals surface area contributed by atoms with E-state index in [1.807, 2.05) is 6.92 Å². The fourth-order valence-electron chi connectivity index (χ4n) is 5.15. The van der Waals surface area contributed by atoms with E-state index < -0.39 is 63.7 Å². The third kappa shape index (κ3) is 4.68. The Bertz CT molecular complexity index is 1730. The van der Waals surface area contributed by atoms with E-state index in [-0.39, 0.29) is 0 Å². The fraction of sp³-hybridized carbons (Fsp3) is 0.214. The molecule has 1 saturated heterocycles. The highest BCUT2D eigenvalue weighted by Gasteiger charge is 2.57. The summed E-state index contributed by atoms with van der Waals surface area (Å²) < 4.78 is 47.1. The van der Waals surface area contributed by atoms with E-state index in [4.69, 9.17) is 4.42 Å². The van der Waals surface area contributed by atoms with E-state index >= 15 is 0 Å². The summed E-state index contributed by atoms with van der Waals surface area (Å²) in [6, 6.07) is 14.8. The number of nitrogens with zero attached hydrogens (tertiary/aromatic N) is 2. The normalized spacial score (nSPS) is 20.2. The topological polar surface area (TPSA) is 102 Å². The van der Waals surface area contributed by atoms with Crippen LogP contribution < -0.4 is 15.1 Å². The van der Waals surface area contributed by atoms with E-state index in [2.05, 4.69) is 5.32 Å². The first-order valence-corrected chi connectivity index (χ1v) is 14.1. The van der Waals surface area contributed by atoms with Crippen molar-refractivity contribution in [2.45, 2.75) is 35.8 Å². The number of benzene rings is 2. The number of carbonyl (C=O) groups excluding carboxylic acids is 3. The minimum absolute atomic E-state index is 0.300. The number of imide groups is 1. The maximum atomic E-state index is 13.8. The van der Waals surface area contributed by atoms with Gasteiger partial charge in [-0.3, -0.25) is 23.7 Å². The van der Waals surface area contributed by atoms with Gasteiger partial charge in [-0.25, -0.2) is 4.90 Å². The van der Waals surface area contributed by atoms with Gasteiger partial charge in [0.1, 0.15) is 17.6 Å². The summed E-state index contributed by atoms with van der Waals surface area (Å²) in [4.78, 5) is 54.5. The molecule has 1 N–H and O–H groups in total. The van der Waals surface area contributed by atoms with E-state index in [0.29, 0.717) is 21.4 Å². The van der Waals surface area contributed by atoms with Gasteiger partial charge in [0.2, 0.25) is 17.7 Å². The monoisotopic (exact) mass is 599 g/mol. The third-order valence-corrected chi connectivity index (χ3v) is 9.60. The lowest BCUT2D eigenvalue weighted by molar-refractivity contribution is -0.137. The zero-order chi connectivity index (χ0) is 29.1. The lowest BCUT2D eigenvalue weighted by Crippen LogP contribution is -2.32. The Labute approximate surface area is 238 Å². The number of thioether (sulfide) groups is 1. The molecule has 0 saturated carbocycles. The minimum atomic E-state index is -4.69. The van der Waals surface area contributed by atoms with Crippen molar-refractivity contribution in [1.29, 1.82) is 0 Å². The summed E-state index contributed by atoms with van der Waals surface area (Å²) in [6.45, 7) is 1.30. The Morgan fingerprint density at radius 3 is 2.41 bits per heavy atom. The standard InChI is InChI=1S/C28H20F3N3O5S2/c1-14-8-10-15(11-9-14)34-24(36)21-20(18-7-4-12-39-18)23-26(40-22(21)25(34)37)33(27(38)41-23)13-19(35)32-17-6-3-2-5-16(17)28(29,30)31/h2-12,20-22H,13H2,1H3,(H,32,35). The summed E-state index contributed by atoms with van der Waals surface area (Å²) >= 11 is 1.82. The van der Waals surface area contributed by atoms with Gasteiger partial charge in [0, 0.05) is 0 Å². The van der Waals surface area contributed by atoms with Gasteiger partial charge in [-0.15, -0.1) is 0 Å². The highest BCUT2D eigenvalue weighted by atomic mass is 32.2. The molecule has 2 aliphatic rings. The molecule has 1 fully saturated rings. The number of furan rings is 1. The first-order valence-electron chi connectivity index (χ1n) is 12.4. The average molecular weight is 600 g/mol. The molecule has 2 aromatic carbocycles. The van der Waals surface area contributed by atoms with Crippen molar-refractivity contribution in [3.05, 3.63) is 98.4 Å². The fourth-order valence-corrected chi connectivity index (χ4v) is 7.90. The number of aromatic nitrogens is 1. The number of alkyl halides is 3. The van der Waals surface area contributed by atoms with E-state index in [1.165, 1.54) is 18.4 Å². The zero-order valence-electron chi connectivity index (χ0n) is 21.2. The number of amides is 3. The molecule has 4 aromatic rings. The Morgan fingerprint density at radius 2 is 1.73 bits per heavy atom. The number of rotatable bonds is 5. The van der Waals surface area contributed by atoms with Gasteiger partial charge in [-0.1, -0.05) is 52.9 Å². The average Bonchev–Trinajstić information content (AvgIpc) is 3.62. The first kappa shape index (κ1) is 27.1. The van der Waals surface area contributed by atoms with Gasteiger partial charge in [0.25, 0.3) is 0 Å². The van der Waals surface area contributed by atoms with Crippen LogP contribution in [0.15, 0.2) is 81.2 Å². The van der Waals surface area contributed by atoms with Crippen LogP contribution >= 0.6 is 23.1 Å². The highest BCUT2D eigenvalue weighted by molar-refractivity contribution is 8.00. The number of carbonyl (C=O) groups is 3. The second-order valence-corrected chi connectivity index (χ2v) is 11.7. The van der Waals surface area contributed by atoms with Gasteiger partial charge < -0.3 is 9.73 Å². The van der Waals surface area contributed by atoms with Gasteiger partial charge in [0.15, 0.2) is 0 Å². The van der Waals surface area contributed by atoms with Crippen LogP contribution in [-0.4, -0.2) is 27.5 Å². The Hall–Kier alpha value is -4.10. The molecule has 6 rings (SSSR count). The van der Waals surface area contributed by atoms with Crippen molar-refractivity contribution < 1.29 is 32.0 Å². The lowest BCUT2D eigenvalue weighted by Gasteiger charge is -2.29. The number of nitrogens with one attached hydrogen (secondary N) is 1. The molecule has 13 heteroatoms. The smallest absolute Gasteiger partial charge is 0.418 e. The SMILES string of the molecule is Cc1ccc(N2C(=O)C3Sc4c(sc(=O)n4CC(=O)Nc4ccccc4C(F)(F)F)C(c4ccco4)C3C2=O)cc1. The molecule has 0 aliphatic carbocycles. The molecule has 2 aromatic heterocycles. The summed E-state index contributed by atoms with van der Waals surface area (Å²) in [5.74, 6) is -3.01. The molecule has 2 aliphatic heterocycles. The number of anilines is 2. The van der Waals surface area contributed by atoms with E-state index in [9.17, 15) is 32.3 Å². The second-order valence-electron chi connectivity index (χ2n) is 9.62. The number of hydrogen-bond donors (Lipinski definition) is 1. The molecule has 0 bridgehead atoms. The van der Waals surface area contributed by atoms with Gasteiger partial charge in [0.05, 0.1) is 44.9 Å². The molecule has 0 radical (unpaired) electrons. The predicted molar refractivity (Wildman–Crippen MR) is 146 cm³/mol. The van der Waals surface area contributed by atoms with Crippen molar-refractivity contribution in [2.24, 2.45) is 5.92 Å². The molecular formula is C28H20F3N3O5S2. The van der Waals surface area contributed by atoms with Gasteiger partial charge in [-0.2, -0.15) is 13.2 Å². The molecular weight excluding hydrogens is 579 g/mol. The van der Waals surface area contributed by atoms with Crippen LogP contribution in [0.5, 0.6) is 0 Å². The Morgan fingerprint density at radius 1 is 1.00 bits per heavy atom. The number of halogens is 3. The number of para-hydroxylation sites is 1. The second kappa shape index (κ2) is 10.1. The maximum absolute atomic E-state index is 13.8. The van der Waals surface area contributed by atoms with Crippen molar-refractivity contribution >= 4 is 52.2 Å². The highest BCUT2D eigenvalue weighted by Crippen LogP contribution is 2.54. The van der Waals surface area contributed by atoms with Crippen LogP contribution in [0.1, 0.15) is 27.7 Å². The maximum Gasteiger partial charge on any atom is 0.418 e. The zero-order valence-corrected chi connectivity index (χ0v) is 22.8. The summed E-state index contributed by atoms with van der Waals surface area (Å²) in [5, 5.41) is 1.64. The number of hydrogen-bond acceptors (Lipinski definition) is 7. The third-order valence-electron chi connectivity index (χ3n) is 7.00. The summed E-state index contributed by atoms with van der Waals surface area (Å²) in [6.07, 6.45) is -3.27. The molecule has 8 nitrogen and oxygen atoms in total. The van der Waals surface area contributed by atoms with Crippen molar-refractivity contribution in [3.63, 3.8) is 0 Å². The lowest BCUT2D eigenvalue weighted by atomic mass is 9.87. The molecule has 3 amide bonds. The molecule has 41 heavy (non-hydrogen) atoms. The number of fused-ring (bicyclic) bond motifs is 2. The largest absolute Gasteiger partial charge is 0.469 e. The van der Waals surface area contributed by atoms with Crippen LogP contribution in [0, 0.1) is 12.8 Å². The number of thiazole rings is 1. The molecule has 0 spiro atoms. The van der Waals surface area contributed by atoms with Crippen LogP contribution in [0.2, 0.25) is 0 Å². The van der Waals surface area contributed by atoms with Crippen LogP contribution in [0.3, 0.4) is 0 Å². The summed E-state index contributed by atoms with van der Waals surface area (Å²) in [7, 11) is 0.